The van der Waals surface area contributed by atoms with Crippen LogP contribution in [0.4, 0.5) is 11.4 Å². The van der Waals surface area contributed by atoms with Gasteiger partial charge in [-0.1, -0.05) is 11.8 Å². The molecule has 0 saturated carbocycles. The van der Waals surface area contributed by atoms with E-state index in [9.17, 15) is 14.9 Å². The minimum Gasteiger partial charge on any atom is -0.326 e. The highest BCUT2D eigenvalue weighted by molar-refractivity contribution is 7.99. The predicted molar refractivity (Wildman–Crippen MR) is 80.5 cm³/mol. The molecule has 0 unspecified atom stereocenters. The Bertz CT molecular complexity index is 686. The summed E-state index contributed by atoms with van der Waals surface area (Å²) < 4.78 is 0. The van der Waals surface area contributed by atoms with Gasteiger partial charge >= 0.3 is 0 Å². The van der Waals surface area contributed by atoms with Gasteiger partial charge in [0.25, 0.3) is 5.69 Å². The van der Waals surface area contributed by atoms with E-state index in [1.165, 1.54) is 30.9 Å². The van der Waals surface area contributed by atoms with Crippen molar-refractivity contribution in [2.24, 2.45) is 0 Å². The Morgan fingerprint density at radius 2 is 2.00 bits per heavy atom. The van der Waals surface area contributed by atoms with E-state index in [1.54, 1.807) is 19.1 Å². The zero-order valence-electron chi connectivity index (χ0n) is 11.5. The van der Waals surface area contributed by atoms with Crippen LogP contribution < -0.4 is 5.32 Å². The lowest BCUT2D eigenvalue weighted by Crippen LogP contribution is -2.05. The average molecular weight is 303 g/mol. The Labute approximate surface area is 125 Å². The highest BCUT2D eigenvalue weighted by Crippen LogP contribution is 2.30. The Morgan fingerprint density at radius 3 is 2.52 bits per heavy atom. The van der Waals surface area contributed by atoms with Crippen LogP contribution in [0.25, 0.3) is 0 Å². The highest BCUT2D eigenvalue weighted by atomic mass is 32.2. The average Bonchev–Trinajstić information content (AvgIpc) is 2.42. The minimum atomic E-state index is -0.462. The van der Waals surface area contributed by atoms with Crippen molar-refractivity contribution in [3.63, 3.8) is 0 Å². The molecule has 0 fully saturated rings. The van der Waals surface area contributed by atoms with E-state index in [2.05, 4.69) is 10.3 Å². The van der Waals surface area contributed by atoms with Gasteiger partial charge in [-0.3, -0.25) is 14.9 Å². The van der Waals surface area contributed by atoms with Crippen LogP contribution in [-0.4, -0.2) is 15.8 Å². The number of aromatic nitrogens is 1. The fourth-order valence-electron chi connectivity index (χ4n) is 1.68. The van der Waals surface area contributed by atoms with Crippen LogP contribution in [0.1, 0.15) is 12.5 Å². The maximum Gasteiger partial charge on any atom is 0.287 e. The van der Waals surface area contributed by atoms with Crippen LogP contribution in [0.5, 0.6) is 0 Å². The molecule has 0 spiro atoms. The molecule has 7 heteroatoms. The van der Waals surface area contributed by atoms with Gasteiger partial charge in [0.05, 0.1) is 4.92 Å². The van der Waals surface area contributed by atoms with Crippen molar-refractivity contribution in [3.8, 4) is 0 Å². The van der Waals surface area contributed by atoms with E-state index in [4.69, 9.17) is 0 Å². The number of carbonyl (C=O) groups excluding carboxylic acids is 1. The molecule has 2 aromatic rings. The molecular formula is C14H13N3O3S. The van der Waals surface area contributed by atoms with Crippen molar-refractivity contribution >= 4 is 29.0 Å². The summed E-state index contributed by atoms with van der Waals surface area (Å²) in [4.78, 5) is 26.2. The van der Waals surface area contributed by atoms with Gasteiger partial charge in [0.1, 0.15) is 11.2 Å². The Kier molecular flexibility index (Phi) is 4.54. The molecule has 2 rings (SSSR count). The largest absolute Gasteiger partial charge is 0.326 e. The number of benzene rings is 1. The van der Waals surface area contributed by atoms with Crippen molar-refractivity contribution < 1.29 is 9.72 Å². The van der Waals surface area contributed by atoms with Crippen LogP contribution in [0.3, 0.4) is 0 Å². The predicted octanol–water partition coefficient (Wildman–Crippen LogP) is 3.41. The molecule has 108 valence electrons. The summed E-state index contributed by atoms with van der Waals surface area (Å²) in [7, 11) is 0. The van der Waals surface area contributed by atoms with E-state index in [0.717, 1.165) is 16.1 Å². The van der Waals surface area contributed by atoms with E-state index >= 15 is 0 Å². The van der Waals surface area contributed by atoms with Crippen LogP contribution in [0, 0.1) is 17.0 Å². The van der Waals surface area contributed by atoms with E-state index in [-0.39, 0.29) is 11.6 Å². The molecule has 1 N–H and O–H groups in total. The minimum absolute atomic E-state index is 0.0159. The summed E-state index contributed by atoms with van der Waals surface area (Å²) in [6.07, 6.45) is 1.25. The number of nitro groups is 1. The van der Waals surface area contributed by atoms with Crippen molar-refractivity contribution in [3.05, 3.63) is 52.2 Å². The quantitative estimate of drug-likeness (QED) is 0.691. The highest BCUT2D eigenvalue weighted by Gasteiger charge is 2.10. The zero-order valence-corrected chi connectivity index (χ0v) is 12.3. The van der Waals surface area contributed by atoms with Crippen molar-refractivity contribution in [2.45, 2.75) is 23.8 Å². The van der Waals surface area contributed by atoms with E-state index < -0.39 is 4.92 Å². The van der Waals surface area contributed by atoms with Crippen molar-refractivity contribution in [1.29, 1.82) is 0 Å². The maximum absolute atomic E-state index is 10.9. The van der Waals surface area contributed by atoms with Gasteiger partial charge in [0, 0.05) is 23.6 Å². The van der Waals surface area contributed by atoms with Crippen molar-refractivity contribution in [1.82, 2.24) is 4.98 Å². The topological polar surface area (TPSA) is 85.1 Å². The molecule has 0 radical (unpaired) electrons. The number of anilines is 1. The molecular weight excluding hydrogens is 290 g/mol. The first-order chi connectivity index (χ1) is 9.95. The first-order valence-corrected chi connectivity index (χ1v) is 6.94. The Balaban J connectivity index is 2.14. The number of hydrogen-bond donors (Lipinski definition) is 1. The second-order valence-electron chi connectivity index (χ2n) is 4.38. The number of rotatable bonds is 4. The Hall–Kier alpha value is -2.41. The number of pyridine rings is 1. The summed E-state index contributed by atoms with van der Waals surface area (Å²) in [6.45, 7) is 3.24. The van der Waals surface area contributed by atoms with Crippen LogP contribution in [-0.2, 0) is 4.79 Å². The summed E-state index contributed by atoms with van der Waals surface area (Å²) in [5.41, 5.74) is 1.46. The lowest BCUT2D eigenvalue weighted by molar-refractivity contribution is -0.385. The summed E-state index contributed by atoms with van der Waals surface area (Å²) in [5.74, 6) is -0.122. The van der Waals surface area contributed by atoms with Gasteiger partial charge < -0.3 is 5.32 Å². The molecule has 1 aromatic heterocycles. The molecule has 0 aliphatic carbocycles. The molecule has 0 bridgehead atoms. The van der Waals surface area contributed by atoms with Gasteiger partial charge in [-0.15, -0.1) is 0 Å². The second kappa shape index (κ2) is 6.36. The molecule has 0 aliphatic heterocycles. The van der Waals surface area contributed by atoms with Crippen LogP contribution in [0.15, 0.2) is 46.5 Å². The summed E-state index contributed by atoms with van der Waals surface area (Å²) in [6, 6.07) is 8.81. The number of amides is 1. The van der Waals surface area contributed by atoms with Crippen molar-refractivity contribution in [2.75, 3.05) is 5.32 Å². The third-order valence-corrected chi connectivity index (χ3v) is 3.74. The summed E-state index contributed by atoms with van der Waals surface area (Å²) >= 11 is 1.42. The number of carbonyl (C=O) groups is 1. The Morgan fingerprint density at radius 1 is 1.33 bits per heavy atom. The first-order valence-electron chi connectivity index (χ1n) is 6.12. The molecule has 1 heterocycles. The maximum atomic E-state index is 10.9. The second-order valence-corrected chi connectivity index (χ2v) is 5.44. The monoisotopic (exact) mass is 303 g/mol. The smallest absolute Gasteiger partial charge is 0.287 e. The first kappa shape index (κ1) is 15.0. The van der Waals surface area contributed by atoms with E-state index in [1.807, 2.05) is 12.1 Å². The number of aryl methyl sites for hydroxylation is 1. The fraction of sp³-hybridized carbons (Fsp3) is 0.143. The van der Waals surface area contributed by atoms with E-state index in [0.29, 0.717) is 5.03 Å². The lowest BCUT2D eigenvalue weighted by Gasteiger charge is -2.06. The van der Waals surface area contributed by atoms with Gasteiger partial charge in [0.15, 0.2) is 0 Å². The number of hydrogen-bond acceptors (Lipinski definition) is 5. The molecule has 21 heavy (non-hydrogen) atoms. The number of nitrogens with one attached hydrogen (secondary N) is 1. The zero-order chi connectivity index (χ0) is 15.4. The summed E-state index contributed by atoms with van der Waals surface area (Å²) in [5, 5.41) is 14.1. The van der Waals surface area contributed by atoms with Crippen LogP contribution in [0.2, 0.25) is 0 Å². The molecule has 0 saturated heterocycles. The normalized spacial score (nSPS) is 10.2. The van der Waals surface area contributed by atoms with Crippen LogP contribution >= 0.6 is 11.8 Å². The van der Waals surface area contributed by atoms with Gasteiger partial charge in [0.2, 0.25) is 5.91 Å². The van der Waals surface area contributed by atoms with Gasteiger partial charge in [-0.2, -0.15) is 0 Å². The number of nitrogens with zero attached hydrogens (tertiary/aromatic N) is 2. The third-order valence-electron chi connectivity index (χ3n) is 2.62. The molecule has 0 atom stereocenters. The third kappa shape index (κ3) is 4.03. The van der Waals surface area contributed by atoms with Gasteiger partial charge in [-0.25, -0.2) is 4.98 Å². The molecule has 1 amide bonds. The molecule has 1 aromatic carbocycles. The SMILES string of the molecule is CC(=O)Nc1ccc(Sc2ncc([N+](=O)[O-])cc2C)cc1. The molecule has 0 aliphatic rings. The lowest BCUT2D eigenvalue weighted by atomic mass is 10.3. The van der Waals surface area contributed by atoms with Gasteiger partial charge in [-0.05, 0) is 36.8 Å². The molecule has 6 nitrogen and oxygen atoms in total. The fourth-order valence-corrected chi connectivity index (χ4v) is 2.50. The standard InChI is InChI=1S/C14H13N3O3S/c1-9-7-12(17(19)20)8-15-14(9)21-13-5-3-11(4-6-13)16-10(2)18/h3-8H,1-2H3,(H,16,18).